The van der Waals surface area contributed by atoms with Gasteiger partial charge in [-0.3, -0.25) is 19.7 Å². The van der Waals surface area contributed by atoms with E-state index in [1.165, 1.54) is 12.8 Å². The third kappa shape index (κ3) is 7.52. The van der Waals surface area contributed by atoms with Gasteiger partial charge in [-0.25, -0.2) is 9.97 Å². The minimum Gasteiger partial charge on any atom is -0.480 e. The Labute approximate surface area is 297 Å². The number of carbonyl (C=O) groups is 1. The lowest BCUT2D eigenvalue weighted by molar-refractivity contribution is -0.119. The average Bonchev–Trinajstić information content (AvgIpc) is 3.90. The molecule has 2 N–H and O–H groups in total. The molecular formula is C37H41Cl2N7O3. The van der Waals surface area contributed by atoms with Crippen LogP contribution in [0.5, 0.6) is 11.8 Å². The van der Waals surface area contributed by atoms with Crippen molar-refractivity contribution in [2.75, 3.05) is 33.9 Å². The normalized spacial score (nSPS) is 19.6. The summed E-state index contributed by atoms with van der Waals surface area (Å²) in [5, 5.41) is 7.70. The molecule has 2 aromatic heterocycles. The van der Waals surface area contributed by atoms with Gasteiger partial charge in [-0.05, 0) is 44.4 Å². The molecule has 4 aromatic rings. The summed E-state index contributed by atoms with van der Waals surface area (Å²) in [6.45, 7) is 3.65. The second-order valence-electron chi connectivity index (χ2n) is 13.1. The van der Waals surface area contributed by atoms with Gasteiger partial charge in [0, 0.05) is 66.9 Å². The molecule has 10 nitrogen and oxygen atoms in total. The molecule has 0 bridgehead atoms. The van der Waals surface area contributed by atoms with Crippen molar-refractivity contribution >= 4 is 29.1 Å². The highest BCUT2D eigenvalue weighted by molar-refractivity contribution is 6.39. The van der Waals surface area contributed by atoms with Gasteiger partial charge in [0.25, 0.3) is 0 Å². The maximum absolute atomic E-state index is 11.5. The first kappa shape index (κ1) is 33.7. The smallest absolute Gasteiger partial charge is 0.237 e. The van der Waals surface area contributed by atoms with Crippen LogP contribution in [-0.4, -0.2) is 76.7 Å². The van der Waals surface area contributed by atoms with E-state index in [4.69, 9.17) is 52.6 Å². The number of nitrogens with one attached hydrogen (secondary N) is 2. The molecule has 2 aliphatic heterocycles. The van der Waals surface area contributed by atoms with Crippen molar-refractivity contribution < 1.29 is 14.3 Å². The number of aryl methyl sites for hydroxylation is 1. The maximum atomic E-state index is 11.5. The number of hydrogen-bond donors (Lipinski definition) is 2. The Bertz CT molecular complexity index is 1840. The third-order valence-corrected chi connectivity index (χ3v) is 10.6. The standard InChI is InChI=1S/C37H41Cl2N7O3/c1-48-36-28(11-3-6-23-14-15-33(47)43-23)41-18-29(44-36)26-9-4-7-24(34(26)38)25-8-5-10-27(35(25)39)30-19-42-32(37(45-30)49-2)21-46-17-16-40-31(20-46)22-12-13-22/h4-5,7-10,18-19,22-23,31,40H,3,6,11-17,20-21H2,1-2H3,(H,43,47)/t23-,31+/m1/s1. The Hall–Kier alpha value is -3.83. The molecule has 49 heavy (non-hydrogen) atoms. The van der Waals surface area contributed by atoms with Gasteiger partial charge in [-0.2, -0.15) is 0 Å². The number of hydrogen-bond acceptors (Lipinski definition) is 9. The van der Waals surface area contributed by atoms with Gasteiger partial charge in [0.15, 0.2) is 0 Å². The van der Waals surface area contributed by atoms with E-state index >= 15 is 0 Å². The maximum Gasteiger partial charge on any atom is 0.237 e. The number of amides is 1. The van der Waals surface area contributed by atoms with E-state index in [2.05, 4.69) is 15.5 Å². The van der Waals surface area contributed by atoms with Gasteiger partial charge in [-0.1, -0.05) is 59.6 Å². The van der Waals surface area contributed by atoms with Crippen molar-refractivity contribution in [3.8, 4) is 45.4 Å². The molecule has 1 amide bonds. The summed E-state index contributed by atoms with van der Waals surface area (Å²) in [5.74, 6) is 1.89. The SMILES string of the molecule is COc1nc(-c2cccc(-c3cccc(-c4cnc(CN5CCN[C@H](C6CC6)C5)c(OC)n4)c3Cl)c2Cl)cnc1CCC[C@@H]1CCC(=O)N1. The molecule has 3 fully saturated rings. The second-order valence-corrected chi connectivity index (χ2v) is 13.8. The monoisotopic (exact) mass is 701 g/mol. The van der Waals surface area contributed by atoms with Crippen molar-refractivity contribution in [1.82, 2.24) is 35.5 Å². The van der Waals surface area contributed by atoms with Gasteiger partial charge in [-0.15, -0.1) is 0 Å². The van der Waals surface area contributed by atoms with Crippen LogP contribution in [0.3, 0.4) is 0 Å². The van der Waals surface area contributed by atoms with Crippen molar-refractivity contribution in [3.05, 3.63) is 70.2 Å². The van der Waals surface area contributed by atoms with Gasteiger partial charge in [0.1, 0.15) is 11.4 Å². The highest BCUT2D eigenvalue weighted by Gasteiger charge is 2.34. The molecule has 12 heteroatoms. The molecule has 0 radical (unpaired) electrons. The minimum absolute atomic E-state index is 0.129. The topological polar surface area (TPSA) is 114 Å². The van der Waals surface area contributed by atoms with Crippen LogP contribution in [0.25, 0.3) is 33.6 Å². The predicted octanol–water partition coefficient (Wildman–Crippen LogP) is 6.38. The van der Waals surface area contributed by atoms with Crippen LogP contribution in [0, 0.1) is 5.92 Å². The first-order valence-corrected chi connectivity index (χ1v) is 17.8. The Kier molecular flexibility index (Phi) is 10.3. The van der Waals surface area contributed by atoms with Crippen LogP contribution in [0.15, 0.2) is 48.8 Å². The summed E-state index contributed by atoms with van der Waals surface area (Å²) in [6, 6.07) is 12.4. The summed E-state index contributed by atoms with van der Waals surface area (Å²) >= 11 is 14.2. The van der Waals surface area contributed by atoms with Crippen LogP contribution in [0.4, 0.5) is 0 Å². The lowest BCUT2D eigenvalue weighted by atomic mass is 9.98. The zero-order valence-electron chi connectivity index (χ0n) is 27.8. The summed E-state index contributed by atoms with van der Waals surface area (Å²) < 4.78 is 11.4. The van der Waals surface area contributed by atoms with Crippen LogP contribution < -0.4 is 20.1 Å². The fourth-order valence-corrected chi connectivity index (χ4v) is 7.61. The van der Waals surface area contributed by atoms with E-state index in [1.807, 2.05) is 36.4 Å². The van der Waals surface area contributed by atoms with Gasteiger partial charge in [0.05, 0.1) is 48.0 Å². The van der Waals surface area contributed by atoms with E-state index in [1.54, 1.807) is 26.6 Å². The van der Waals surface area contributed by atoms with E-state index in [-0.39, 0.29) is 11.9 Å². The van der Waals surface area contributed by atoms with E-state index in [9.17, 15) is 4.79 Å². The van der Waals surface area contributed by atoms with E-state index < -0.39 is 0 Å². The number of halogens is 2. The number of methoxy groups -OCH3 is 2. The van der Waals surface area contributed by atoms with Gasteiger partial charge < -0.3 is 20.1 Å². The number of carbonyl (C=O) groups excluding carboxylic acids is 1. The summed E-state index contributed by atoms with van der Waals surface area (Å²) in [6.07, 6.45) is 10.1. The Morgan fingerprint density at radius 2 is 1.47 bits per heavy atom. The predicted molar refractivity (Wildman–Crippen MR) is 191 cm³/mol. The Morgan fingerprint density at radius 3 is 2.06 bits per heavy atom. The molecule has 256 valence electrons. The van der Waals surface area contributed by atoms with E-state index in [0.717, 1.165) is 72.9 Å². The largest absolute Gasteiger partial charge is 0.480 e. The average molecular weight is 703 g/mol. The molecule has 3 aliphatic rings. The Balaban J connectivity index is 1.10. The van der Waals surface area contributed by atoms with Crippen LogP contribution >= 0.6 is 23.2 Å². The highest BCUT2D eigenvalue weighted by Crippen LogP contribution is 2.42. The first-order chi connectivity index (χ1) is 23.9. The first-order valence-electron chi connectivity index (χ1n) is 17.0. The molecular weight excluding hydrogens is 661 g/mol. The lowest BCUT2D eigenvalue weighted by Crippen LogP contribution is -2.51. The number of rotatable bonds is 12. The molecule has 7 rings (SSSR count). The second kappa shape index (κ2) is 15.0. The molecule has 0 spiro atoms. The van der Waals surface area contributed by atoms with Gasteiger partial charge >= 0.3 is 0 Å². The zero-order chi connectivity index (χ0) is 33.9. The summed E-state index contributed by atoms with van der Waals surface area (Å²) in [5.41, 5.74) is 5.78. The summed E-state index contributed by atoms with van der Waals surface area (Å²) in [7, 11) is 3.23. The van der Waals surface area contributed by atoms with Crippen LogP contribution in [0.2, 0.25) is 10.0 Å². The number of ether oxygens (including phenoxy) is 2. The highest BCUT2D eigenvalue weighted by atomic mass is 35.5. The van der Waals surface area contributed by atoms with Crippen molar-refractivity contribution in [2.24, 2.45) is 5.92 Å². The molecule has 2 saturated heterocycles. The van der Waals surface area contributed by atoms with Crippen molar-refractivity contribution in [3.63, 3.8) is 0 Å². The van der Waals surface area contributed by atoms with Crippen LogP contribution in [0.1, 0.15) is 49.9 Å². The molecule has 4 heterocycles. The Morgan fingerprint density at radius 1 is 0.857 bits per heavy atom. The van der Waals surface area contributed by atoms with Crippen molar-refractivity contribution in [2.45, 2.75) is 63.6 Å². The fourth-order valence-electron chi connectivity index (χ4n) is 6.96. The van der Waals surface area contributed by atoms with Crippen LogP contribution in [-0.2, 0) is 17.8 Å². The summed E-state index contributed by atoms with van der Waals surface area (Å²) in [4.78, 5) is 33.1. The lowest BCUT2D eigenvalue weighted by Gasteiger charge is -2.33. The van der Waals surface area contributed by atoms with Crippen molar-refractivity contribution in [1.29, 1.82) is 0 Å². The molecule has 1 aliphatic carbocycles. The quantitative estimate of drug-likeness (QED) is 0.174. The van der Waals surface area contributed by atoms with Gasteiger partial charge in [0.2, 0.25) is 17.7 Å². The molecule has 2 atom stereocenters. The number of aromatic nitrogens is 4. The number of benzene rings is 2. The molecule has 0 unspecified atom stereocenters. The van der Waals surface area contributed by atoms with E-state index in [0.29, 0.717) is 64.2 Å². The fraction of sp³-hybridized carbons (Fsp3) is 0.432. The zero-order valence-corrected chi connectivity index (χ0v) is 29.4. The minimum atomic E-state index is 0.129. The molecule has 1 saturated carbocycles. The number of nitrogens with zero attached hydrogens (tertiary/aromatic N) is 5. The number of piperazine rings is 1. The molecule has 2 aromatic carbocycles. The third-order valence-electron chi connectivity index (χ3n) is 9.75.